The molecule has 0 heterocycles. The average Bonchev–Trinajstić information content (AvgIpc) is 2.46. The first-order valence-corrected chi connectivity index (χ1v) is 6.42. The Morgan fingerprint density at radius 2 is 1.68 bits per heavy atom. The van der Waals surface area contributed by atoms with Gasteiger partial charge in [-0.25, -0.2) is 0 Å². The highest BCUT2D eigenvalue weighted by Crippen LogP contribution is 2.31. The van der Waals surface area contributed by atoms with Crippen molar-refractivity contribution in [2.45, 2.75) is 6.92 Å². The van der Waals surface area contributed by atoms with E-state index in [1.54, 1.807) is 7.11 Å². The molecule has 0 aliphatic carbocycles. The topological polar surface area (TPSA) is 9.23 Å². The Morgan fingerprint density at radius 3 is 2.53 bits per heavy atom. The van der Waals surface area contributed by atoms with Gasteiger partial charge in [0.15, 0.2) is 0 Å². The fraction of sp³-hybridized carbons (Fsp3) is 0.111. The summed E-state index contributed by atoms with van der Waals surface area (Å²) < 4.78 is 5.31. The van der Waals surface area contributed by atoms with E-state index in [0.29, 0.717) is 0 Å². The molecule has 94 valence electrons. The van der Waals surface area contributed by atoms with Gasteiger partial charge in [0.2, 0.25) is 0 Å². The summed E-state index contributed by atoms with van der Waals surface area (Å²) >= 11 is 0. The van der Waals surface area contributed by atoms with Gasteiger partial charge in [-0.3, -0.25) is 0 Å². The molecular formula is C18H16O. The second-order valence-corrected chi connectivity index (χ2v) is 4.76. The van der Waals surface area contributed by atoms with Crippen LogP contribution in [0.4, 0.5) is 0 Å². The third-order valence-electron chi connectivity index (χ3n) is 3.42. The van der Waals surface area contributed by atoms with E-state index in [1.807, 2.05) is 12.1 Å². The highest BCUT2D eigenvalue weighted by Gasteiger charge is 2.04. The predicted octanol–water partition coefficient (Wildman–Crippen LogP) is 4.82. The lowest BCUT2D eigenvalue weighted by atomic mass is 9.97. The average molecular weight is 248 g/mol. The molecule has 19 heavy (non-hydrogen) atoms. The van der Waals surface area contributed by atoms with Crippen molar-refractivity contribution in [1.82, 2.24) is 0 Å². The van der Waals surface area contributed by atoms with E-state index in [1.165, 1.54) is 27.5 Å². The number of rotatable bonds is 2. The fourth-order valence-corrected chi connectivity index (χ4v) is 2.45. The van der Waals surface area contributed by atoms with Crippen LogP contribution in [0.15, 0.2) is 60.7 Å². The zero-order chi connectivity index (χ0) is 13.2. The second kappa shape index (κ2) is 4.77. The molecule has 0 aliphatic rings. The van der Waals surface area contributed by atoms with Gasteiger partial charge in [0.1, 0.15) is 5.75 Å². The molecule has 0 aromatic heterocycles. The summed E-state index contributed by atoms with van der Waals surface area (Å²) in [5, 5.41) is 2.56. The van der Waals surface area contributed by atoms with Crippen LogP contribution in [0.5, 0.6) is 5.75 Å². The molecule has 0 N–H and O–H groups in total. The van der Waals surface area contributed by atoms with Crippen LogP contribution in [0.2, 0.25) is 0 Å². The summed E-state index contributed by atoms with van der Waals surface area (Å²) in [6.07, 6.45) is 0. The minimum atomic E-state index is 0.890. The molecule has 0 saturated carbocycles. The molecule has 1 nitrogen and oxygen atoms in total. The maximum atomic E-state index is 5.31. The lowest BCUT2D eigenvalue weighted by Gasteiger charge is -2.09. The van der Waals surface area contributed by atoms with E-state index in [9.17, 15) is 0 Å². The summed E-state index contributed by atoms with van der Waals surface area (Å²) in [5.41, 5.74) is 3.72. The molecule has 0 amide bonds. The molecule has 3 rings (SSSR count). The van der Waals surface area contributed by atoms with Gasteiger partial charge in [0.25, 0.3) is 0 Å². The second-order valence-electron chi connectivity index (χ2n) is 4.76. The Bertz CT molecular complexity index is 729. The van der Waals surface area contributed by atoms with Crippen molar-refractivity contribution in [2.75, 3.05) is 7.11 Å². The third-order valence-corrected chi connectivity index (χ3v) is 3.42. The number of hydrogen-bond acceptors (Lipinski definition) is 1. The predicted molar refractivity (Wildman–Crippen MR) is 80.7 cm³/mol. The van der Waals surface area contributed by atoms with Crippen LogP contribution in [0, 0.1) is 6.92 Å². The van der Waals surface area contributed by atoms with E-state index in [0.717, 1.165) is 5.75 Å². The summed E-state index contributed by atoms with van der Waals surface area (Å²) in [6, 6.07) is 21.2. The lowest BCUT2D eigenvalue weighted by molar-refractivity contribution is 0.415. The minimum Gasteiger partial charge on any atom is -0.497 e. The molecule has 1 heteroatoms. The van der Waals surface area contributed by atoms with E-state index < -0.39 is 0 Å². The Balaban J connectivity index is 2.24. The normalized spacial score (nSPS) is 10.6. The molecular weight excluding hydrogens is 232 g/mol. The molecule has 0 radical (unpaired) electrons. The Hall–Kier alpha value is -2.28. The van der Waals surface area contributed by atoms with Gasteiger partial charge in [0, 0.05) is 0 Å². The fourth-order valence-electron chi connectivity index (χ4n) is 2.45. The van der Waals surface area contributed by atoms with Crippen molar-refractivity contribution in [3.63, 3.8) is 0 Å². The molecule has 0 aliphatic heterocycles. The maximum absolute atomic E-state index is 5.31. The monoisotopic (exact) mass is 248 g/mol. The molecule has 3 aromatic rings. The van der Waals surface area contributed by atoms with Crippen LogP contribution >= 0.6 is 0 Å². The van der Waals surface area contributed by atoms with Crippen LogP contribution in [-0.2, 0) is 0 Å². The van der Waals surface area contributed by atoms with Crippen LogP contribution in [0.25, 0.3) is 21.9 Å². The summed E-state index contributed by atoms with van der Waals surface area (Å²) in [6.45, 7) is 2.12. The molecule has 3 aromatic carbocycles. The van der Waals surface area contributed by atoms with Gasteiger partial charge in [-0.1, -0.05) is 54.1 Å². The molecule has 0 fully saturated rings. The van der Waals surface area contributed by atoms with Crippen LogP contribution in [0.3, 0.4) is 0 Å². The van der Waals surface area contributed by atoms with Crippen molar-refractivity contribution in [3.05, 3.63) is 66.2 Å². The first-order chi connectivity index (χ1) is 9.28. The quantitative estimate of drug-likeness (QED) is 0.631. The largest absolute Gasteiger partial charge is 0.497 e. The van der Waals surface area contributed by atoms with Gasteiger partial charge in [-0.2, -0.15) is 0 Å². The zero-order valence-corrected chi connectivity index (χ0v) is 11.2. The summed E-state index contributed by atoms with van der Waals surface area (Å²) in [7, 11) is 1.70. The molecule has 0 bridgehead atoms. The van der Waals surface area contributed by atoms with Crippen molar-refractivity contribution >= 4 is 10.8 Å². The summed E-state index contributed by atoms with van der Waals surface area (Å²) in [5.74, 6) is 0.890. The van der Waals surface area contributed by atoms with Gasteiger partial charge in [-0.05, 0) is 41.0 Å². The van der Waals surface area contributed by atoms with Gasteiger partial charge in [0.05, 0.1) is 7.11 Å². The Morgan fingerprint density at radius 1 is 0.842 bits per heavy atom. The van der Waals surface area contributed by atoms with E-state index in [-0.39, 0.29) is 0 Å². The number of methoxy groups -OCH3 is 1. The van der Waals surface area contributed by atoms with E-state index >= 15 is 0 Å². The Labute approximate surface area is 113 Å². The number of hydrogen-bond donors (Lipinski definition) is 0. The highest BCUT2D eigenvalue weighted by atomic mass is 16.5. The molecule has 0 unspecified atom stereocenters. The van der Waals surface area contributed by atoms with Crippen molar-refractivity contribution in [3.8, 4) is 16.9 Å². The smallest absolute Gasteiger partial charge is 0.119 e. The first-order valence-electron chi connectivity index (χ1n) is 6.42. The standard InChI is InChI=1S/C18H16O/c1-13-9-10-18-14(11-13)6-4-8-17(18)15-5-3-7-16(12-15)19-2/h3-12H,1-2H3. The number of benzene rings is 3. The van der Waals surface area contributed by atoms with Gasteiger partial charge >= 0.3 is 0 Å². The maximum Gasteiger partial charge on any atom is 0.119 e. The van der Waals surface area contributed by atoms with Crippen LogP contribution in [-0.4, -0.2) is 7.11 Å². The van der Waals surface area contributed by atoms with Crippen molar-refractivity contribution in [2.24, 2.45) is 0 Å². The third kappa shape index (κ3) is 2.19. The van der Waals surface area contributed by atoms with Gasteiger partial charge in [-0.15, -0.1) is 0 Å². The number of ether oxygens (including phenoxy) is 1. The Kier molecular flexibility index (Phi) is 2.96. The van der Waals surface area contributed by atoms with Crippen LogP contribution < -0.4 is 4.74 Å². The molecule has 0 saturated heterocycles. The molecule has 0 spiro atoms. The number of fused-ring (bicyclic) bond motifs is 1. The van der Waals surface area contributed by atoms with E-state index in [4.69, 9.17) is 4.74 Å². The van der Waals surface area contributed by atoms with E-state index in [2.05, 4.69) is 55.5 Å². The lowest BCUT2D eigenvalue weighted by Crippen LogP contribution is -1.85. The molecule has 0 atom stereocenters. The summed E-state index contributed by atoms with van der Waals surface area (Å²) in [4.78, 5) is 0. The zero-order valence-electron chi connectivity index (χ0n) is 11.2. The highest BCUT2D eigenvalue weighted by molar-refractivity contribution is 5.97. The first kappa shape index (κ1) is 11.8. The minimum absolute atomic E-state index is 0.890. The van der Waals surface area contributed by atoms with Crippen LogP contribution in [0.1, 0.15) is 5.56 Å². The van der Waals surface area contributed by atoms with Gasteiger partial charge < -0.3 is 4.74 Å². The number of aryl methyl sites for hydroxylation is 1. The van der Waals surface area contributed by atoms with Crippen molar-refractivity contribution in [1.29, 1.82) is 0 Å². The SMILES string of the molecule is COc1cccc(-c2cccc3cc(C)ccc23)c1. The van der Waals surface area contributed by atoms with Crippen molar-refractivity contribution < 1.29 is 4.74 Å².